The minimum Gasteiger partial charge on any atom is -0.356 e. The van der Waals surface area contributed by atoms with Crippen LogP contribution in [0.2, 0.25) is 0 Å². The summed E-state index contributed by atoms with van der Waals surface area (Å²) in [6.45, 7) is 9.81. The lowest BCUT2D eigenvalue weighted by atomic mass is 9.89. The van der Waals surface area contributed by atoms with Crippen molar-refractivity contribution >= 4 is 5.96 Å². The summed E-state index contributed by atoms with van der Waals surface area (Å²) in [6, 6.07) is 0.319. The molecule has 0 radical (unpaired) electrons. The van der Waals surface area contributed by atoms with Gasteiger partial charge in [-0.1, -0.05) is 19.8 Å². The topological polar surface area (TPSA) is 54.2 Å². The summed E-state index contributed by atoms with van der Waals surface area (Å²) in [4.78, 5) is 4.39. The molecule has 0 saturated heterocycles. The van der Waals surface area contributed by atoms with Gasteiger partial charge in [0.15, 0.2) is 5.96 Å². The number of aryl methyl sites for hydroxylation is 2. The minimum atomic E-state index is 0.319. The molecule has 2 rings (SSSR count). The molecule has 130 valence electrons. The van der Waals surface area contributed by atoms with Crippen LogP contribution in [-0.4, -0.2) is 35.4 Å². The van der Waals surface area contributed by atoms with Crippen molar-refractivity contribution < 1.29 is 0 Å². The average molecular weight is 319 g/mol. The molecule has 1 aromatic heterocycles. The van der Waals surface area contributed by atoms with Crippen molar-refractivity contribution in [3.63, 3.8) is 0 Å². The van der Waals surface area contributed by atoms with E-state index in [9.17, 15) is 0 Å². The number of aromatic nitrogens is 2. The Kier molecular flexibility index (Phi) is 5.71. The lowest BCUT2D eigenvalue weighted by molar-refractivity contribution is 0.333. The van der Waals surface area contributed by atoms with E-state index in [1.54, 1.807) is 0 Å². The molecule has 1 aliphatic rings. The van der Waals surface area contributed by atoms with E-state index in [0.717, 1.165) is 24.6 Å². The standard InChI is InChI=1S/C18H33N5/c1-13(11-16-14(2)22-23(6)15(16)3)21-17(19-5)20-12-18(4)9-7-8-10-18/h13H,7-12H2,1-6H3,(H2,19,20,21). The van der Waals surface area contributed by atoms with Gasteiger partial charge in [-0.05, 0) is 51.0 Å². The fourth-order valence-corrected chi connectivity index (χ4v) is 3.60. The van der Waals surface area contributed by atoms with Gasteiger partial charge in [0.05, 0.1) is 5.69 Å². The van der Waals surface area contributed by atoms with Crippen LogP contribution in [0.5, 0.6) is 0 Å². The predicted molar refractivity (Wildman–Crippen MR) is 96.9 cm³/mol. The highest BCUT2D eigenvalue weighted by molar-refractivity contribution is 5.80. The van der Waals surface area contributed by atoms with E-state index in [-0.39, 0.29) is 0 Å². The molecule has 0 aromatic carbocycles. The van der Waals surface area contributed by atoms with Gasteiger partial charge in [-0.15, -0.1) is 0 Å². The second-order valence-corrected chi connectivity index (χ2v) is 7.47. The summed E-state index contributed by atoms with van der Waals surface area (Å²) >= 11 is 0. The normalized spacial score (nSPS) is 19.0. The summed E-state index contributed by atoms with van der Waals surface area (Å²) in [7, 11) is 3.85. The Morgan fingerprint density at radius 1 is 1.35 bits per heavy atom. The van der Waals surface area contributed by atoms with E-state index in [0.29, 0.717) is 11.5 Å². The first kappa shape index (κ1) is 17.8. The van der Waals surface area contributed by atoms with Crippen LogP contribution in [-0.2, 0) is 13.5 Å². The van der Waals surface area contributed by atoms with Crippen molar-refractivity contribution in [3.8, 4) is 0 Å². The van der Waals surface area contributed by atoms with Gasteiger partial charge in [0, 0.05) is 32.4 Å². The summed E-state index contributed by atoms with van der Waals surface area (Å²) in [5, 5.41) is 11.5. The predicted octanol–water partition coefficient (Wildman–Crippen LogP) is 2.71. The Balaban J connectivity index is 1.88. The molecule has 0 spiro atoms. The van der Waals surface area contributed by atoms with Crippen molar-refractivity contribution in [1.29, 1.82) is 0 Å². The fourth-order valence-electron chi connectivity index (χ4n) is 3.60. The fraction of sp³-hybridized carbons (Fsp3) is 0.778. The molecule has 0 bridgehead atoms. The van der Waals surface area contributed by atoms with E-state index in [1.807, 2.05) is 18.8 Å². The Morgan fingerprint density at radius 3 is 2.52 bits per heavy atom. The molecule has 0 aliphatic heterocycles. The van der Waals surface area contributed by atoms with Gasteiger partial charge in [-0.25, -0.2) is 0 Å². The first-order valence-electron chi connectivity index (χ1n) is 8.81. The summed E-state index contributed by atoms with van der Waals surface area (Å²) in [5.74, 6) is 0.907. The summed E-state index contributed by atoms with van der Waals surface area (Å²) in [6.07, 6.45) is 6.32. The molecule has 5 nitrogen and oxygen atoms in total. The molecule has 23 heavy (non-hydrogen) atoms. The third-order valence-corrected chi connectivity index (χ3v) is 5.27. The number of nitrogens with zero attached hydrogens (tertiary/aromatic N) is 3. The molecule has 1 aromatic rings. The average Bonchev–Trinajstić information content (AvgIpc) is 3.03. The van der Waals surface area contributed by atoms with Gasteiger partial charge < -0.3 is 10.6 Å². The summed E-state index contributed by atoms with van der Waals surface area (Å²) < 4.78 is 1.96. The van der Waals surface area contributed by atoms with Crippen LogP contribution in [0, 0.1) is 19.3 Å². The van der Waals surface area contributed by atoms with E-state index >= 15 is 0 Å². The Bertz CT molecular complexity index is 552. The van der Waals surface area contributed by atoms with Crippen molar-refractivity contribution in [1.82, 2.24) is 20.4 Å². The maximum Gasteiger partial charge on any atom is 0.191 e. The van der Waals surface area contributed by atoms with Gasteiger partial charge >= 0.3 is 0 Å². The van der Waals surface area contributed by atoms with Gasteiger partial charge in [0.25, 0.3) is 0 Å². The number of guanidine groups is 1. The minimum absolute atomic E-state index is 0.319. The zero-order chi connectivity index (χ0) is 17.0. The lowest BCUT2D eigenvalue weighted by Crippen LogP contribution is -2.46. The zero-order valence-corrected chi connectivity index (χ0v) is 15.7. The second-order valence-electron chi connectivity index (χ2n) is 7.47. The lowest BCUT2D eigenvalue weighted by Gasteiger charge is -2.26. The van der Waals surface area contributed by atoms with Crippen LogP contribution in [0.1, 0.15) is 56.5 Å². The van der Waals surface area contributed by atoms with E-state index in [2.05, 4.69) is 48.4 Å². The molecule has 5 heteroatoms. The van der Waals surface area contributed by atoms with Gasteiger partial charge in [-0.2, -0.15) is 5.10 Å². The van der Waals surface area contributed by atoms with Gasteiger partial charge in [0.2, 0.25) is 0 Å². The number of aliphatic imine (C=N–C) groups is 1. The highest BCUT2D eigenvalue weighted by Crippen LogP contribution is 2.36. The van der Waals surface area contributed by atoms with Crippen LogP contribution in [0.3, 0.4) is 0 Å². The largest absolute Gasteiger partial charge is 0.356 e. The maximum absolute atomic E-state index is 4.50. The van der Waals surface area contributed by atoms with E-state index in [4.69, 9.17) is 0 Å². The quantitative estimate of drug-likeness (QED) is 0.648. The number of rotatable bonds is 5. The highest BCUT2D eigenvalue weighted by Gasteiger charge is 2.28. The maximum atomic E-state index is 4.50. The smallest absolute Gasteiger partial charge is 0.191 e. The number of hydrogen-bond donors (Lipinski definition) is 2. The zero-order valence-electron chi connectivity index (χ0n) is 15.7. The summed E-state index contributed by atoms with van der Waals surface area (Å²) in [5.41, 5.74) is 4.14. The Labute approximate surface area is 141 Å². The number of hydrogen-bond acceptors (Lipinski definition) is 2. The Hall–Kier alpha value is -1.52. The monoisotopic (exact) mass is 319 g/mol. The van der Waals surface area contributed by atoms with Crippen molar-refractivity contribution in [2.24, 2.45) is 17.5 Å². The molecule has 1 unspecified atom stereocenters. The molecule has 1 heterocycles. The molecule has 1 saturated carbocycles. The first-order chi connectivity index (χ1) is 10.8. The Morgan fingerprint density at radius 2 is 2.00 bits per heavy atom. The van der Waals surface area contributed by atoms with Crippen molar-refractivity contribution in [2.75, 3.05) is 13.6 Å². The van der Waals surface area contributed by atoms with Crippen LogP contribution < -0.4 is 10.6 Å². The highest BCUT2D eigenvalue weighted by atomic mass is 15.3. The van der Waals surface area contributed by atoms with Crippen molar-refractivity contribution in [2.45, 2.75) is 65.8 Å². The molecule has 1 fully saturated rings. The van der Waals surface area contributed by atoms with Crippen LogP contribution in [0.25, 0.3) is 0 Å². The van der Waals surface area contributed by atoms with Crippen molar-refractivity contribution in [3.05, 3.63) is 17.0 Å². The molecular formula is C18H33N5. The SMILES string of the molecule is CN=C(NCC1(C)CCCC1)NC(C)Cc1c(C)nn(C)c1C. The molecule has 1 atom stereocenters. The number of nitrogens with one attached hydrogen (secondary N) is 2. The first-order valence-corrected chi connectivity index (χ1v) is 8.81. The van der Waals surface area contributed by atoms with E-state index < -0.39 is 0 Å². The molecular weight excluding hydrogens is 286 g/mol. The molecule has 0 amide bonds. The van der Waals surface area contributed by atoms with Crippen LogP contribution >= 0.6 is 0 Å². The third-order valence-electron chi connectivity index (χ3n) is 5.27. The molecule has 2 N–H and O–H groups in total. The molecule has 1 aliphatic carbocycles. The van der Waals surface area contributed by atoms with Crippen LogP contribution in [0.15, 0.2) is 4.99 Å². The second kappa shape index (κ2) is 7.37. The van der Waals surface area contributed by atoms with Gasteiger partial charge in [-0.3, -0.25) is 9.67 Å². The van der Waals surface area contributed by atoms with E-state index in [1.165, 1.54) is 36.9 Å². The van der Waals surface area contributed by atoms with Gasteiger partial charge in [0.1, 0.15) is 0 Å². The third kappa shape index (κ3) is 4.49. The van der Waals surface area contributed by atoms with Crippen LogP contribution in [0.4, 0.5) is 0 Å².